The fourth-order valence-electron chi connectivity index (χ4n) is 3.68. The van der Waals surface area contributed by atoms with Crippen molar-refractivity contribution in [3.63, 3.8) is 0 Å². The van der Waals surface area contributed by atoms with E-state index in [4.69, 9.17) is 10.5 Å². The van der Waals surface area contributed by atoms with Crippen LogP contribution in [0.3, 0.4) is 0 Å². The van der Waals surface area contributed by atoms with Crippen LogP contribution in [0.5, 0.6) is 11.5 Å². The third-order valence-electron chi connectivity index (χ3n) is 5.26. The van der Waals surface area contributed by atoms with E-state index in [-0.39, 0.29) is 6.10 Å². The molecule has 6 nitrogen and oxygen atoms in total. The van der Waals surface area contributed by atoms with Gasteiger partial charge >= 0.3 is 0 Å². The monoisotopic (exact) mass is 416 g/mol. The molecule has 0 aromatic heterocycles. The van der Waals surface area contributed by atoms with Crippen LogP contribution in [0.25, 0.3) is 0 Å². The van der Waals surface area contributed by atoms with Gasteiger partial charge in [0, 0.05) is 31.4 Å². The third-order valence-corrected chi connectivity index (χ3v) is 5.26. The summed E-state index contributed by atoms with van der Waals surface area (Å²) in [4.78, 5) is 6.80. The van der Waals surface area contributed by atoms with Crippen LogP contribution in [0.2, 0.25) is 0 Å². The smallest absolute Gasteiger partial charge is 0.193 e. The Morgan fingerprint density at radius 3 is 2.52 bits per heavy atom. The zero-order valence-corrected chi connectivity index (χ0v) is 17.4. The topological polar surface area (TPSA) is 83.1 Å². The molecule has 160 valence electrons. The standard InChI is InChI=1S/C25H28N4O2/c26-25(28-21-9-6-12-24(15-21)31-23-10-2-1-3-11-23)27-16-19-7-4-5-8-20(19)17-29-14-13-22(30)18-29/h1-12,15,22,30H,13-14,16-18H2,(H3,26,27,28). The maximum absolute atomic E-state index is 9.77. The average Bonchev–Trinajstić information content (AvgIpc) is 3.19. The van der Waals surface area contributed by atoms with E-state index in [1.165, 1.54) is 5.56 Å². The number of likely N-dealkylation sites (tertiary alicyclic amines) is 1. The third kappa shape index (κ3) is 6.07. The second-order valence-electron chi connectivity index (χ2n) is 7.72. The van der Waals surface area contributed by atoms with Crippen LogP contribution >= 0.6 is 0 Å². The molecule has 1 aliphatic rings. The second kappa shape index (κ2) is 10.1. The predicted octanol–water partition coefficient (Wildman–Crippen LogP) is 3.97. The number of ether oxygens (including phenoxy) is 1. The SMILES string of the molecule is NC(=NCc1ccccc1CN1CCC(O)C1)Nc1cccc(Oc2ccccc2)c1. The molecule has 1 heterocycles. The number of β-amino-alcohol motifs (C(OH)–C–C–N with tert-alkyl or cyclic N) is 1. The number of para-hydroxylation sites is 1. The lowest BCUT2D eigenvalue weighted by Crippen LogP contribution is -2.23. The molecule has 4 rings (SSSR count). The number of hydrogen-bond donors (Lipinski definition) is 3. The summed E-state index contributed by atoms with van der Waals surface area (Å²) in [6.45, 7) is 2.95. The van der Waals surface area contributed by atoms with Crippen molar-refractivity contribution in [1.82, 2.24) is 4.90 Å². The van der Waals surface area contributed by atoms with Crippen molar-refractivity contribution in [3.8, 4) is 11.5 Å². The summed E-state index contributed by atoms with van der Waals surface area (Å²) in [7, 11) is 0. The first-order chi connectivity index (χ1) is 15.2. The Morgan fingerprint density at radius 1 is 1.00 bits per heavy atom. The summed E-state index contributed by atoms with van der Waals surface area (Å²) in [6.07, 6.45) is 0.621. The first-order valence-corrected chi connectivity index (χ1v) is 10.5. The quantitative estimate of drug-likeness (QED) is 0.401. The first-order valence-electron chi connectivity index (χ1n) is 10.5. The number of nitrogens with two attached hydrogens (primary N) is 1. The number of aliphatic imine (C=N–C) groups is 1. The van der Waals surface area contributed by atoms with Crippen LogP contribution in [0.15, 0.2) is 83.9 Å². The van der Waals surface area contributed by atoms with Gasteiger partial charge in [-0.1, -0.05) is 48.5 Å². The van der Waals surface area contributed by atoms with Crippen molar-refractivity contribution in [3.05, 3.63) is 90.0 Å². The van der Waals surface area contributed by atoms with Crippen molar-refractivity contribution in [1.29, 1.82) is 0 Å². The molecule has 0 saturated carbocycles. The van der Waals surface area contributed by atoms with E-state index in [1.807, 2.05) is 66.7 Å². The van der Waals surface area contributed by atoms with Gasteiger partial charge in [-0.3, -0.25) is 4.90 Å². The summed E-state index contributed by atoms with van der Waals surface area (Å²) in [5, 5.41) is 12.9. The van der Waals surface area contributed by atoms with Crippen LogP contribution in [0.1, 0.15) is 17.5 Å². The molecule has 0 aliphatic carbocycles. The van der Waals surface area contributed by atoms with Gasteiger partial charge in [0.15, 0.2) is 5.96 Å². The van der Waals surface area contributed by atoms with Crippen molar-refractivity contribution in [2.24, 2.45) is 10.7 Å². The molecule has 0 spiro atoms. The lowest BCUT2D eigenvalue weighted by molar-refractivity contribution is 0.174. The van der Waals surface area contributed by atoms with Gasteiger partial charge in [0.1, 0.15) is 11.5 Å². The molecule has 1 atom stereocenters. The van der Waals surface area contributed by atoms with Gasteiger partial charge < -0.3 is 20.9 Å². The minimum Gasteiger partial charge on any atom is -0.457 e. The molecular formula is C25H28N4O2. The molecule has 1 saturated heterocycles. The van der Waals surface area contributed by atoms with E-state index in [2.05, 4.69) is 27.3 Å². The van der Waals surface area contributed by atoms with Gasteiger partial charge in [0.25, 0.3) is 0 Å². The summed E-state index contributed by atoms with van der Waals surface area (Å²) in [6, 6.07) is 25.5. The molecule has 1 unspecified atom stereocenters. The predicted molar refractivity (Wildman–Crippen MR) is 124 cm³/mol. The normalized spacial score (nSPS) is 16.9. The number of aliphatic hydroxyl groups excluding tert-OH is 1. The molecular weight excluding hydrogens is 388 g/mol. The molecule has 31 heavy (non-hydrogen) atoms. The lowest BCUT2D eigenvalue weighted by atomic mass is 10.1. The Balaban J connectivity index is 1.38. The fourth-order valence-corrected chi connectivity index (χ4v) is 3.68. The number of nitrogens with zero attached hydrogens (tertiary/aromatic N) is 2. The Hall–Kier alpha value is -3.35. The maximum Gasteiger partial charge on any atom is 0.193 e. The van der Waals surface area contributed by atoms with Gasteiger partial charge in [-0.25, -0.2) is 4.99 Å². The molecule has 3 aromatic carbocycles. The highest BCUT2D eigenvalue weighted by Crippen LogP contribution is 2.24. The van der Waals surface area contributed by atoms with Crippen molar-refractivity contribution < 1.29 is 9.84 Å². The van der Waals surface area contributed by atoms with E-state index in [0.29, 0.717) is 12.5 Å². The Morgan fingerprint density at radius 2 is 1.74 bits per heavy atom. The van der Waals surface area contributed by atoms with Gasteiger partial charge in [0.05, 0.1) is 12.6 Å². The van der Waals surface area contributed by atoms with Crippen LogP contribution in [0, 0.1) is 0 Å². The minimum absolute atomic E-state index is 0.216. The Bertz CT molecular complexity index is 1020. The van der Waals surface area contributed by atoms with E-state index < -0.39 is 0 Å². The van der Waals surface area contributed by atoms with Crippen LogP contribution < -0.4 is 15.8 Å². The zero-order valence-electron chi connectivity index (χ0n) is 17.4. The molecule has 1 fully saturated rings. The summed E-state index contributed by atoms with van der Waals surface area (Å²) < 4.78 is 5.87. The van der Waals surface area contributed by atoms with Crippen molar-refractivity contribution >= 4 is 11.6 Å². The minimum atomic E-state index is -0.216. The van der Waals surface area contributed by atoms with Crippen LogP contribution in [-0.2, 0) is 13.1 Å². The number of anilines is 1. The van der Waals surface area contributed by atoms with Crippen LogP contribution in [-0.4, -0.2) is 35.2 Å². The molecule has 0 bridgehead atoms. The van der Waals surface area contributed by atoms with E-state index >= 15 is 0 Å². The van der Waals surface area contributed by atoms with Gasteiger partial charge in [-0.05, 0) is 41.8 Å². The largest absolute Gasteiger partial charge is 0.457 e. The molecule has 0 radical (unpaired) electrons. The highest BCUT2D eigenvalue weighted by molar-refractivity contribution is 5.92. The average molecular weight is 417 g/mol. The molecule has 0 amide bonds. The number of nitrogens with one attached hydrogen (secondary N) is 1. The number of hydrogen-bond acceptors (Lipinski definition) is 4. The second-order valence-corrected chi connectivity index (χ2v) is 7.72. The lowest BCUT2D eigenvalue weighted by Gasteiger charge is -2.17. The van der Waals surface area contributed by atoms with Gasteiger partial charge in [0.2, 0.25) is 0 Å². The zero-order chi connectivity index (χ0) is 21.5. The van der Waals surface area contributed by atoms with Crippen molar-refractivity contribution in [2.75, 3.05) is 18.4 Å². The Kier molecular flexibility index (Phi) is 6.82. The van der Waals surface area contributed by atoms with E-state index in [0.717, 1.165) is 48.8 Å². The fraction of sp³-hybridized carbons (Fsp3) is 0.240. The highest BCUT2D eigenvalue weighted by Gasteiger charge is 2.20. The number of guanidine groups is 1. The maximum atomic E-state index is 9.77. The molecule has 3 aromatic rings. The Labute approximate surface area is 183 Å². The summed E-state index contributed by atoms with van der Waals surface area (Å²) in [5.41, 5.74) is 9.30. The van der Waals surface area contributed by atoms with E-state index in [9.17, 15) is 5.11 Å². The number of benzene rings is 3. The summed E-state index contributed by atoms with van der Waals surface area (Å²) >= 11 is 0. The van der Waals surface area contributed by atoms with Crippen molar-refractivity contribution in [2.45, 2.75) is 25.6 Å². The van der Waals surface area contributed by atoms with Gasteiger partial charge in [-0.2, -0.15) is 0 Å². The molecule has 1 aliphatic heterocycles. The van der Waals surface area contributed by atoms with Crippen LogP contribution in [0.4, 0.5) is 5.69 Å². The number of aliphatic hydroxyl groups is 1. The highest BCUT2D eigenvalue weighted by atomic mass is 16.5. The molecule has 6 heteroatoms. The van der Waals surface area contributed by atoms with Gasteiger partial charge in [-0.15, -0.1) is 0 Å². The summed E-state index contributed by atoms with van der Waals surface area (Å²) in [5.74, 6) is 1.86. The molecule has 4 N–H and O–H groups in total. The number of rotatable bonds is 7. The first kappa shape index (κ1) is 20.9. The van der Waals surface area contributed by atoms with E-state index in [1.54, 1.807) is 0 Å².